The standard InChI is InChI=1S/C32H31F6NO/c1-2-3-4-5-6-22-9-15-26(39-20-22)14-8-21-10-16-27-25(17-21)13-12-24(30(27)35)11-7-23-18-28(33)31(29(34)19-23)40-32(36,37)38/h9-10,12-13,15-20H,2-8,11,14H2,1H3. The Hall–Kier alpha value is -3.55. The monoisotopic (exact) mass is 559 g/mol. The lowest BCUT2D eigenvalue weighted by Gasteiger charge is -2.12. The average Bonchev–Trinajstić information content (AvgIpc) is 2.92. The molecular formula is C32H31F6NO. The number of unbranched alkanes of at least 4 members (excludes halogenated alkanes) is 3. The van der Waals surface area contributed by atoms with Gasteiger partial charge in [-0.2, -0.15) is 0 Å². The summed E-state index contributed by atoms with van der Waals surface area (Å²) < 4.78 is 83.7. The van der Waals surface area contributed by atoms with Gasteiger partial charge in [-0.15, -0.1) is 13.2 Å². The molecular weight excluding hydrogens is 528 g/mol. The first kappa shape index (κ1) is 29.4. The number of aromatic nitrogens is 1. The highest BCUT2D eigenvalue weighted by molar-refractivity contribution is 5.84. The van der Waals surface area contributed by atoms with E-state index in [1.807, 2.05) is 18.3 Å². The van der Waals surface area contributed by atoms with Crippen LogP contribution in [0, 0.1) is 17.5 Å². The van der Waals surface area contributed by atoms with E-state index in [2.05, 4.69) is 28.8 Å². The van der Waals surface area contributed by atoms with E-state index in [1.54, 1.807) is 18.2 Å². The molecule has 4 aromatic rings. The summed E-state index contributed by atoms with van der Waals surface area (Å²) >= 11 is 0. The highest BCUT2D eigenvalue weighted by Gasteiger charge is 2.34. The lowest BCUT2D eigenvalue weighted by molar-refractivity contribution is -0.276. The van der Waals surface area contributed by atoms with Crippen LogP contribution >= 0.6 is 0 Å². The zero-order valence-corrected chi connectivity index (χ0v) is 22.3. The van der Waals surface area contributed by atoms with Crippen LogP contribution in [0.2, 0.25) is 0 Å². The van der Waals surface area contributed by atoms with E-state index in [4.69, 9.17) is 0 Å². The Morgan fingerprint density at radius 2 is 1.43 bits per heavy atom. The summed E-state index contributed by atoms with van der Waals surface area (Å²) in [5.74, 6) is -4.87. The maximum Gasteiger partial charge on any atom is 0.573 e. The van der Waals surface area contributed by atoms with Crippen molar-refractivity contribution < 1.29 is 31.1 Å². The molecule has 0 saturated heterocycles. The number of pyridine rings is 1. The minimum absolute atomic E-state index is 0.0329. The summed E-state index contributed by atoms with van der Waals surface area (Å²) in [4.78, 5) is 4.59. The number of rotatable bonds is 12. The first-order valence-corrected chi connectivity index (χ1v) is 13.5. The largest absolute Gasteiger partial charge is 0.573 e. The topological polar surface area (TPSA) is 22.1 Å². The molecule has 1 aromatic heterocycles. The van der Waals surface area contributed by atoms with Gasteiger partial charge in [0.05, 0.1) is 0 Å². The zero-order chi connectivity index (χ0) is 28.7. The second kappa shape index (κ2) is 13.2. The van der Waals surface area contributed by atoms with Gasteiger partial charge in [0.25, 0.3) is 0 Å². The fourth-order valence-electron chi connectivity index (χ4n) is 4.76. The van der Waals surface area contributed by atoms with Crippen molar-refractivity contribution in [2.45, 2.75) is 71.1 Å². The summed E-state index contributed by atoms with van der Waals surface area (Å²) in [6, 6.07) is 14.7. The number of benzene rings is 3. The van der Waals surface area contributed by atoms with Crippen LogP contribution in [0.3, 0.4) is 0 Å². The average molecular weight is 560 g/mol. The van der Waals surface area contributed by atoms with Crippen molar-refractivity contribution in [2.75, 3.05) is 0 Å². The predicted molar refractivity (Wildman–Crippen MR) is 144 cm³/mol. The molecule has 2 nitrogen and oxygen atoms in total. The van der Waals surface area contributed by atoms with E-state index < -0.39 is 29.6 Å². The molecule has 212 valence electrons. The molecule has 0 saturated carbocycles. The molecule has 0 atom stereocenters. The van der Waals surface area contributed by atoms with E-state index in [1.165, 1.54) is 31.2 Å². The Bertz CT molecular complexity index is 1410. The van der Waals surface area contributed by atoms with Crippen LogP contribution in [-0.4, -0.2) is 11.3 Å². The van der Waals surface area contributed by atoms with Crippen LogP contribution in [0.25, 0.3) is 10.8 Å². The Balaban J connectivity index is 1.37. The molecule has 0 aliphatic rings. The number of hydrogen-bond acceptors (Lipinski definition) is 2. The molecule has 4 rings (SSSR count). The molecule has 0 fully saturated rings. The van der Waals surface area contributed by atoms with Crippen molar-refractivity contribution in [1.29, 1.82) is 0 Å². The van der Waals surface area contributed by atoms with E-state index in [9.17, 15) is 22.0 Å². The van der Waals surface area contributed by atoms with Crippen molar-refractivity contribution >= 4 is 10.8 Å². The third kappa shape index (κ3) is 7.99. The molecule has 3 aromatic carbocycles. The van der Waals surface area contributed by atoms with Crippen LogP contribution in [-0.2, 0) is 32.1 Å². The Labute approximate surface area is 230 Å². The Morgan fingerprint density at radius 3 is 2.10 bits per heavy atom. The van der Waals surface area contributed by atoms with E-state index in [-0.39, 0.29) is 18.4 Å². The molecule has 0 bridgehead atoms. The summed E-state index contributed by atoms with van der Waals surface area (Å²) in [6.07, 6.45) is 4.33. The van der Waals surface area contributed by atoms with Crippen LogP contribution in [0.5, 0.6) is 5.75 Å². The number of fused-ring (bicyclic) bond motifs is 1. The number of halogens is 6. The van der Waals surface area contributed by atoms with Gasteiger partial charge >= 0.3 is 6.36 Å². The molecule has 0 unspecified atom stereocenters. The van der Waals surface area contributed by atoms with Crippen LogP contribution < -0.4 is 4.74 Å². The highest BCUT2D eigenvalue weighted by atomic mass is 19.4. The van der Waals surface area contributed by atoms with E-state index in [0.717, 1.165) is 48.0 Å². The maximum absolute atomic E-state index is 15.2. The third-order valence-corrected chi connectivity index (χ3v) is 6.93. The van der Waals surface area contributed by atoms with Crippen molar-refractivity contribution in [3.8, 4) is 5.75 Å². The molecule has 0 amide bonds. The fraction of sp³-hybridized carbons (Fsp3) is 0.344. The second-order valence-corrected chi connectivity index (χ2v) is 10.00. The van der Waals surface area contributed by atoms with Crippen LogP contribution in [0.15, 0.2) is 60.8 Å². The quantitative estimate of drug-likeness (QED) is 0.128. The molecule has 0 spiro atoms. The maximum atomic E-state index is 15.2. The smallest absolute Gasteiger partial charge is 0.399 e. The van der Waals surface area contributed by atoms with Crippen molar-refractivity contribution in [2.24, 2.45) is 0 Å². The predicted octanol–water partition coefficient (Wildman–Crippen LogP) is 9.24. The normalized spacial score (nSPS) is 11.8. The lowest BCUT2D eigenvalue weighted by atomic mass is 9.97. The van der Waals surface area contributed by atoms with Crippen molar-refractivity contribution in [3.63, 3.8) is 0 Å². The van der Waals surface area contributed by atoms with E-state index >= 15 is 4.39 Å². The lowest BCUT2D eigenvalue weighted by Crippen LogP contribution is -2.19. The number of ether oxygens (including phenoxy) is 1. The van der Waals surface area contributed by atoms with Gasteiger partial charge in [0.1, 0.15) is 5.82 Å². The Morgan fingerprint density at radius 1 is 0.700 bits per heavy atom. The van der Waals surface area contributed by atoms with Gasteiger partial charge in [0, 0.05) is 17.3 Å². The SMILES string of the molecule is CCCCCCc1ccc(CCc2ccc3c(F)c(CCc4cc(F)c(OC(F)(F)F)c(F)c4)ccc3c2)nc1. The van der Waals surface area contributed by atoms with E-state index in [0.29, 0.717) is 10.9 Å². The number of aryl methyl sites for hydroxylation is 5. The van der Waals surface area contributed by atoms with Crippen molar-refractivity contribution in [3.05, 3.63) is 106 Å². The second-order valence-electron chi connectivity index (χ2n) is 10.00. The molecule has 1 heterocycles. The van der Waals surface area contributed by atoms with Crippen LogP contribution in [0.1, 0.15) is 60.6 Å². The van der Waals surface area contributed by atoms with Crippen LogP contribution in [0.4, 0.5) is 26.3 Å². The number of nitrogens with zero attached hydrogens (tertiary/aromatic N) is 1. The summed E-state index contributed by atoms with van der Waals surface area (Å²) in [5, 5.41) is 1.16. The van der Waals surface area contributed by atoms with Gasteiger partial charge < -0.3 is 4.74 Å². The molecule has 0 N–H and O–H groups in total. The minimum Gasteiger partial charge on any atom is -0.399 e. The summed E-state index contributed by atoms with van der Waals surface area (Å²) in [6.45, 7) is 2.20. The molecule has 40 heavy (non-hydrogen) atoms. The molecule has 0 radical (unpaired) electrons. The van der Waals surface area contributed by atoms with Gasteiger partial charge in [-0.1, -0.05) is 62.6 Å². The summed E-state index contributed by atoms with van der Waals surface area (Å²) in [5.41, 5.74) is 3.75. The molecule has 8 heteroatoms. The van der Waals surface area contributed by atoms with Gasteiger partial charge in [0.2, 0.25) is 5.75 Å². The summed E-state index contributed by atoms with van der Waals surface area (Å²) in [7, 11) is 0. The zero-order valence-electron chi connectivity index (χ0n) is 22.3. The molecule has 0 aliphatic carbocycles. The van der Waals surface area contributed by atoms with Gasteiger partial charge in [-0.25, -0.2) is 13.2 Å². The Kier molecular flexibility index (Phi) is 9.71. The van der Waals surface area contributed by atoms with Gasteiger partial charge in [-0.05, 0) is 84.4 Å². The van der Waals surface area contributed by atoms with Gasteiger partial charge in [0.15, 0.2) is 11.6 Å². The van der Waals surface area contributed by atoms with Gasteiger partial charge in [-0.3, -0.25) is 4.98 Å². The first-order valence-electron chi connectivity index (χ1n) is 13.5. The third-order valence-electron chi connectivity index (χ3n) is 6.93. The number of alkyl halides is 3. The number of hydrogen-bond donors (Lipinski definition) is 0. The van der Waals surface area contributed by atoms with Crippen molar-refractivity contribution in [1.82, 2.24) is 4.98 Å². The molecule has 0 aliphatic heterocycles. The first-order chi connectivity index (χ1) is 19.1. The minimum atomic E-state index is -5.22. The fourth-order valence-corrected chi connectivity index (χ4v) is 4.76. The highest BCUT2D eigenvalue weighted by Crippen LogP contribution is 2.30.